The van der Waals surface area contributed by atoms with E-state index in [1.807, 2.05) is 29.2 Å². The van der Waals surface area contributed by atoms with Gasteiger partial charge in [-0.15, -0.1) is 0 Å². The second-order valence-electron chi connectivity index (χ2n) is 6.20. The standard InChI is InChI=1S/C18H23N3O3/c19-12-15-2-4-16(5-3-15)13-20-6-1-7-21(9-8-20)18(22)17-14-23-10-11-24-17/h2-5,17H,1,6-11,13-14H2/t17-/m1/s1. The van der Waals surface area contributed by atoms with E-state index in [1.165, 1.54) is 5.56 Å². The Labute approximate surface area is 142 Å². The number of amides is 1. The van der Waals surface area contributed by atoms with E-state index in [9.17, 15) is 4.79 Å². The largest absolute Gasteiger partial charge is 0.376 e. The Morgan fingerprint density at radius 3 is 2.71 bits per heavy atom. The molecular weight excluding hydrogens is 306 g/mol. The molecule has 128 valence electrons. The number of hydrogen-bond donors (Lipinski definition) is 0. The van der Waals surface area contributed by atoms with Gasteiger partial charge in [-0.3, -0.25) is 9.69 Å². The summed E-state index contributed by atoms with van der Waals surface area (Å²) in [7, 11) is 0. The zero-order valence-electron chi connectivity index (χ0n) is 13.8. The molecule has 2 fully saturated rings. The SMILES string of the molecule is N#Cc1ccc(CN2CCCN(C(=O)[C@H]3COCCO3)CC2)cc1. The van der Waals surface area contributed by atoms with E-state index in [1.54, 1.807) is 0 Å². The molecule has 0 aliphatic carbocycles. The van der Waals surface area contributed by atoms with Gasteiger partial charge in [0.15, 0.2) is 6.10 Å². The highest BCUT2D eigenvalue weighted by Gasteiger charge is 2.28. The van der Waals surface area contributed by atoms with Crippen LogP contribution in [0.2, 0.25) is 0 Å². The molecule has 1 aromatic carbocycles. The quantitative estimate of drug-likeness (QED) is 0.828. The lowest BCUT2D eigenvalue weighted by atomic mass is 10.1. The van der Waals surface area contributed by atoms with Gasteiger partial charge in [0.2, 0.25) is 0 Å². The predicted octanol–water partition coefficient (Wildman–Crippen LogP) is 1.01. The van der Waals surface area contributed by atoms with Crippen LogP contribution in [0.3, 0.4) is 0 Å². The van der Waals surface area contributed by atoms with Crippen LogP contribution < -0.4 is 0 Å². The van der Waals surface area contributed by atoms with Crippen molar-refractivity contribution < 1.29 is 14.3 Å². The molecule has 24 heavy (non-hydrogen) atoms. The van der Waals surface area contributed by atoms with Crippen LogP contribution in [0.25, 0.3) is 0 Å². The van der Waals surface area contributed by atoms with Gasteiger partial charge in [0.05, 0.1) is 31.5 Å². The third-order valence-electron chi connectivity index (χ3n) is 4.48. The molecule has 6 heteroatoms. The van der Waals surface area contributed by atoms with Crippen LogP contribution in [0.15, 0.2) is 24.3 Å². The van der Waals surface area contributed by atoms with Crippen LogP contribution in [0, 0.1) is 11.3 Å². The molecule has 3 rings (SSSR count). The number of hydrogen-bond acceptors (Lipinski definition) is 5. The Bertz CT molecular complexity index is 591. The summed E-state index contributed by atoms with van der Waals surface area (Å²) >= 11 is 0. The zero-order chi connectivity index (χ0) is 16.8. The fourth-order valence-corrected chi connectivity index (χ4v) is 3.13. The van der Waals surface area contributed by atoms with Crippen LogP contribution in [0.4, 0.5) is 0 Å². The summed E-state index contributed by atoms with van der Waals surface area (Å²) < 4.78 is 10.9. The summed E-state index contributed by atoms with van der Waals surface area (Å²) in [5.41, 5.74) is 1.87. The number of carbonyl (C=O) groups excluding carboxylic acids is 1. The van der Waals surface area contributed by atoms with Gasteiger partial charge >= 0.3 is 0 Å². The van der Waals surface area contributed by atoms with Crippen LogP contribution in [-0.4, -0.2) is 67.8 Å². The van der Waals surface area contributed by atoms with Crippen molar-refractivity contribution >= 4 is 5.91 Å². The summed E-state index contributed by atoms with van der Waals surface area (Å²) in [6.07, 6.45) is 0.513. The lowest BCUT2D eigenvalue weighted by molar-refractivity contribution is -0.157. The molecule has 1 amide bonds. The summed E-state index contributed by atoms with van der Waals surface area (Å²) in [5.74, 6) is 0.0509. The van der Waals surface area contributed by atoms with E-state index in [2.05, 4.69) is 11.0 Å². The molecule has 2 aliphatic heterocycles. The molecule has 2 heterocycles. The molecule has 2 aliphatic rings. The number of rotatable bonds is 3. The Kier molecular flexibility index (Phi) is 5.81. The second-order valence-corrected chi connectivity index (χ2v) is 6.20. The van der Waals surface area contributed by atoms with Gasteiger partial charge in [-0.25, -0.2) is 0 Å². The monoisotopic (exact) mass is 329 g/mol. The highest BCUT2D eigenvalue weighted by atomic mass is 16.6. The minimum Gasteiger partial charge on any atom is -0.376 e. The Balaban J connectivity index is 1.52. The first-order valence-electron chi connectivity index (χ1n) is 8.46. The van der Waals surface area contributed by atoms with Crippen LogP contribution >= 0.6 is 0 Å². The van der Waals surface area contributed by atoms with Crippen molar-refractivity contribution in [2.45, 2.75) is 19.1 Å². The number of ether oxygens (including phenoxy) is 2. The van der Waals surface area contributed by atoms with E-state index in [0.717, 1.165) is 39.1 Å². The third-order valence-corrected chi connectivity index (χ3v) is 4.48. The highest BCUT2D eigenvalue weighted by Crippen LogP contribution is 2.12. The van der Waals surface area contributed by atoms with E-state index in [0.29, 0.717) is 25.4 Å². The van der Waals surface area contributed by atoms with Crippen molar-refractivity contribution in [3.63, 3.8) is 0 Å². The minimum absolute atomic E-state index is 0.0509. The Hall–Kier alpha value is -1.94. The van der Waals surface area contributed by atoms with Gasteiger partial charge in [-0.05, 0) is 24.1 Å². The maximum Gasteiger partial charge on any atom is 0.254 e. The van der Waals surface area contributed by atoms with E-state index in [4.69, 9.17) is 14.7 Å². The molecule has 0 bridgehead atoms. The molecule has 0 aromatic heterocycles. The van der Waals surface area contributed by atoms with Crippen molar-refractivity contribution in [2.24, 2.45) is 0 Å². The molecule has 1 aromatic rings. The molecular formula is C18H23N3O3. The second kappa shape index (κ2) is 8.25. The lowest BCUT2D eigenvalue weighted by Crippen LogP contribution is -2.46. The topological polar surface area (TPSA) is 65.8 Å². The molecule has 0 N–H and O–H groups in total. The normalized spacial score (nSPS) is 22.6. The zero-order valence-corrected chi connectivity index (χ0v) is 13.8. The van der Waals surface area contributed by atoms with Gasteiger partial charge in [0.1, 0.15) is 0 Å². The van der Waals surface area contributed by atoms with E-state index >= 15 is 0 Å². The lowest BCUT2D eigenvalue weighted by Gasteiger charge is -2.28. The average Bonchev–Trinajstić information content (AvgIpc) is 2.88. The van der Waals surface area contributed by atoms with Crippen molar-refractivity contribution in [2.75, 3.05) is 46.0 Å². The number of benzene rings is 1. The average molecular weight is 329 g/mol. The van der Waals surface area contributed by atoms with Gasteiger partial charge in [0, 0.05) is 32.7 Å². The van der Waals surface area contributed by atoms with Crippen molar-refractivity contribution in [1.82, 2.24) is 9.80 Å². The molecule has 2 saturated heterocycles. The Morgan fingerprint density at radius 1 is 1.17 bits per heavy atom. The number of carbonyl (C=O) groups is 1. The van der Waals surface area contributed by atoms with Gasteiger partial charge in [-0.1, -0.05) is 12.1 Å². The molecule has 0 radical (unpaired) electrons. The summed E-state index contributed by atoms with van der Waals surface area (Å²) in [6.45, 7) is 5.57. The highest BCUT2D eigenvalue weighted by molar-refractivity contribution is 5.81. The molecule has 0 unspecified atom stereocenters. The first-order valence-corrected chi connectivity index (χ1v) is 8.46. The maximum atomic E-state index is 12.5. The Morgan fingerprint density at radius 2 is 2.00 bits per heavy atom. The van der Waals surface area contributed by atoms with Gasteiger partial charge in [-0.2, -0.15) is 5.26 Å². The van der Waals surface area contributed by atoms with Crippen LogP contribution in [0.1, 0.15) is 17.5 Å². The van der Waals surface area contributed by atoms with Crippen LogP contribution in [0.5, 0.6) is 0 Å². The maximum absolute atomic E-state index is 12.5. The summed E-state index contributed by atoms with van der Waals surface area (Å²) in [6, 6.07) is 9.84. The van der Waals surface area contributed by atoms with Gasteiger partial charge in [0.25, 0.3) is 5.91 Å². The molecule has 0 saturated carbocycles. The summed E-state index contributed by atoms with van der Waals surface area (Å²) in [5, 5.41) is 8.86. The summed E-state index contributed by atoms with van der Waals surface area (Å²) in [4.78, 5) is 16.8. The smallest absolute Gasteiger partial charge is 0.254 e. The first kappa shape index (κ1) is 16.9. The van der Waals surface area contributed by atoms with E-state index < -0.39 is 6.10 Å². The van der Waals surface area contributed by atoms with Gasteiger partial charge < -0.3 is 14.4 Å². The fraction of sp³-hybridized carbons (Fsp3) is 0.556. The fourth-order valence-electron chi connectivity index (χ4n) is 3.13. The van der Waals surface area contributed by atoms with Crippen molar-refractivity contribution in [3.8, 4) is 6.07 Å². The molecule has 0 spiro atoms. The number of nitrogens with zero attached hydrogens (tertiary/aromatic N) is 3. The van der Waals surface area contributed by atoms with Crippen LogP contribution in [-0.2, 0) is 20.8 Å². The third kappa shape index (κ3) is 4.32. The van der Waals surface area contributed by atoms with Crippen molar-refractivity contribution in [1.29, 1.82) is 5.26 Å². The van der Waals surface area contributed by atoms with Crippen molar-refractivity contribution in [3.05, 3.63) is 35.4 Å². The van der Waals surface area contributed by atoms with E-state index in [-0.39, 0.29) is 5.91 Å². The minimum atomic E-state index is -0.441. The number of nitriles is 1. The predicted molar refractivity (Wildman–Crippen MR) is 88.2 cm³/mol. The molecule has 6 nitrogen and oxygen atoms in total. The molecule has 1 atom stereocenters. The first-order chi connectivity index (χ1) is 11.8.